The summed E-state index contributed by atoms with van der Waals surface area (Å²) in [6.45, 7) is 2.47. The molecular weight excluding hydrogens is 482 g/mol. The summed E-state index contributed by atoms with van der Waals surface area (Å²) in [5, 5.41) is 9.26. The van der Waals surface area contributed by atoms with Gasteiger partial charge >= 0.3 is 15.2 Å². The fraction of sp³-hybridized carbons (Fsp3) is 1.00. The van der Waals surface area contributed by atoms with E-state index < -0.39 is 33.5 Å². The van der Waals surface area contributed by atoms with Crippen LogP contribution in [0, 0.1) is 0 Å². The van der Waals surface area contributed by atoms with Crippen molar-refractivity contribution in [2.24, 2.45) is 0 Å². The molecule has 0 heterocycles. The van der Waals surface area contributed by atoms with Gasteiger partial charge in [0.1, 0.15) is 6.10 Å². The third-order valence-corrected chi connectivity index (χ3v) is 9.30. The minimum Gasteiger partial charge on any atom is -0.379 e. The fourth-order valence-electron chi connectivity index (χ4n) is 3.60. The Balaban J connectivity index is 3.54. The van der Waals surface area contributed by atoms with Gasteiger partial charge in [0.15, 0.2) is 0 Å². The predicted molar refractivity (Wildman–Crippen MR) is 135 cm³/mol. The van der Waals surface area contributed by atoms with E-state index in [1.807, 2.05) is 0 Å². The number of hydrogen-bond acceptors (Lipinski definition) is 6. The normalized spacial score (nSPS) is 15.8. The Labute approximate surface area is 206 Å². The molecule has 0 aromatic carbocycles. The Morgan fingerprint density at radius 1 is 0.676 bits per heavy atom. The highest BCUT2D eigenvalue weighted by atomic mass is 31.2. The Kier molecular flexibility index (Phi) is 21.4. The molecule has 0 aliphatic heterocycles. The van der Waals surface area contributed by atoms with E-state index >= 15 is 0 Å². The number of methoxy groups -OCH3 is 1. The van der Waals surface area contributed by atoms with Crippen molar-refractivity contribution in [1.29, 1.82) is 0 Å². The van der Waals surface area contributed by atoms with E-state index in [9.17, 15) is 19.1 Å². The second-order valence-corrected chi connectivity index (χ2v) is 13.0. The molecule has 0 aromatic heterocycles. The molecule has 11 heteroatoms. The Bertz CT molecular complexity index is 557. The van der Waals surface area contributed by atoms with Crippen LogP contribution in [-0.4, -0.2) is 58.4 Å². The van der Waals surface area contributed by atoms with E-state index in [1.165, 1.54) is 97.0 Å². The lowest BCUT2D eigenvalue weighted by Gasteiger charge is -2.21. The van der Waals surface area contributed by atoms with E-state index in [1.54, 1.807) is 0 Å². The van der Waals surface area contributed by atoms with Crippen LogP contribution in [-0.2, 0) is 23.1 Å². The Morgan fingerprint density at radius 2 is 1.09 bits per heavy atom. The van der Waals surface area contributed by atoms with Crippen LogP contribution >= 0.6 is 15.2 Å². The summed E-state index contributed by atoms with van der Waals surface area (Å²) in [6.07, 6.45) is 20.0. The van der Waals surface area contributed by atoms with Crippen LogP contribution in [0.5, 0.6) is 0 Å². The highest BCUT2D eigenvalue weighted by molar-refractivity contribution is 7.70. The van der Waals surface area contributed by atoms with Crippen LogP contribution < -0.4 is 0 Å². The molecule has 0 saturated carbocycles. The quantitative estimate of drug-likeness (QED) is 0.0830. The van der Waals surface area contributed by atoms with Crippen molar-refractivity contribution in [2.75, 3.05) is 26.9 Å². The van der Waals surface area contributed by atoms with Gasteiger partial charge in [0.2, 0.25) is 0 Å². The highest BCUT2D eigenvalue weighted by Crippen LogP contribution is 2.61. The van der Waals surface area contributed by atoms with Crippen molar-refractivity contribution in [3.8, 4) is 0 Å². The standard InChI is InChI=1S/C23H50O9P2/c1-3-4-5-6-7-8-9-10-11-12-13-14-15-16-17-18-19-31-20-22(30-2)21-32-34(28,29)23(24)33(25,26)27/h22-24H,3-21H2,1-2H3,(H,28,29)(H2,25,26,27)/t22-,23?/m1/s1. The lowest BCUT2D eigenvalue weighted by atomic mass is 10.0. The van der Waals surface area contributed by atoms with Gasteiger partial charge in [-0.1, -0.05) is 103 Å². The molecule has 0 aromatic rings. The predicted octanol–water partition coefficient (Wildman–Crippen LogP) is 5.94. The van der Waals surface area contributed by atoms with Gasteiger partial charge in [0.05, 0.1) is 13.2 Å². The fourth-order valence-corrected chi connectivity index (χ4v) is 5.83. The van der Waals surface area contributed by atoms with Gasteiger partial charge in [-0.25, -0.2) is 0 Å². The number of aliphatic hydroxyl groups excluding tert-OH is 1. The monoisotopic (exact) mass is 532 g/mol. The van der Waals surface area contributed by atoms with Gasteiger partial charge in [0.25, 0.3) is 5.59 Å². The van der Waals surface area contributed by atoms with Crippen LogP contribution in [0.4, 0.5) is 0 Å². The van der Waals surface area contributed by atoms with Gasteiger partial charge in [-0.2, -0.15) is 0 Å². The van der Waals surface area contributed by atoms with E-state index in [-0.39, 0.29) is 6.61 Å². The zero-order valence-electron chi connectivity index (χ0n) is 21.3. The second kappa shape index (κ2) is 21.3. The van der Waals surface area contributed by atoms with E-state index in [4.69, 9.17) is 19.3 Å². The van der Waals surface area contributed by atoms with Gasteiger partial charge in [0, 0.05) is 13.7 Å². The summed E-state index contributed by atoms with van der Waals surface area (Å²) < 4.78 is 37.9. The summed E-state index contributed by atoms with van der Waals surface area (Å²) in [5.74, 6) is 0. The first-order valence-corrected chi connectivity index (χ1v) is 16.3. The number of hydrogen-bond donors (Lipinski definition) is 4. The minimum atomic E-state index is -5.16. The van der Waals surface area contributed by atoms with Crippen LogP contribution in [0.15, 0.2) is 0 Å². The van der Waals surface area contributed by atoms with Crippen molar-refractivity contribution in [1.82, 2.24) is 0 Å². The van der Waals surface area contributed by atoms with Crippen molar-refractivity contribution < 1.29 is 42.9 Å². The topological polar surface area (TPSA) is 143 Å². The zero-order valence-corrected chi connectivity index (χ0v) is 23.1. The van der Waals surface area contributed by atoms with Gasteiger partial charge in [-0.3, -0.25) is 9.13 Å². The third-order valence-electron chi connectivity index (χ3n) is 5.82. The number of ether oxygens (including phenoxy) is 2. The molecule has 0 aliphatic rings. The first-order chi connectivity index (χ1) is 16.1. The summed E-state index contributed by atoms with van der Waals surface area (Å²) >= 11 is 0. The highest BCUT2D eigenvalue weighted by Gasteiger charge is 2.44. The van der Waals surface area contributed by atoms with Gasteiger partial charge in [-0.05, 0) is 6.42 Å². The van der Waals surface area contributed by atoms with Crippen molar-refractivity contribution >= 4 is 15.2 Å². The Hall–Kier alpha value is 0.180. The summed E-state index contributed by atoms with van der Waals surface area (Å²) in [5.41, 5.74) is -2.77. The summed E-state index contributed by atoms with van der Waals surface area (Å²) in [7, 11) is -8.68. The maximum Gasteiger partial charge on any atom is 0.368 e. The van der Waals surface area contributed by atoms with Gasteiger partial charge in [-0.15, -0.1) is 0 Å². The molecule has 206 valence electrons. The molecule has 0 amide bonds. The van der Waals surface area contributed by atoms with Crippen LogP contribution in [0.3, 0.4) is 0 Å². The van der Waals surface area contributed by atoms with Crippen LogP contribution in [0.2, 0.25) is 0 Å². The zero-order chi connectivity index (χ0) is 25.7. The molecule has 4 N–H and O–H groups in total. The average molecular weight is 533 g/mol. The number of rotatable bonds is 25. The van der Waals surface area contributed by atoms with Crippen molar-refractivity contribution in [2.45, 2.75) is 121 Å². The van der Waals surface area contributed by atoms with E-state index in [0.717, 1.165) is 12.8 Å². The molecule has 0 radical (unpaired) electrons. The van der Waals surface area contributed by atoms with Crippen LogP contribution in [0.1, 0.15) is 110 Å². The van der Waals surface area contributed by atoms with Crippen molar-refractivity contribution in [3.63, 3.8) is 0 Å². The summed E-state index contributed by atoms with van der Waals surface area (Å²) in [4.78, 5) is 27.1. The molecule has 34 heavy (non-hydrogen) atoms. The SMILES string of the molecule is CCCCCCCCCCCCCCCCCCOC[C@H](COP(=O)(O)C(O)P(=O)(O)O)OC. The molecule has 3 atom stereocenters. The molecule has 9 nitrogen and oxygen atoms in total. The Morgan fingerprint density at radius 3 is 1.47 bits per heavy atom. The van der Waals surface area contributed by atoms with Gasteiger partial charge < -0.3 is 33.8 Å². The lowest BCUT2D eigenvalue weighted by molar-refractivity contribution is -0.0181. The second-order valence-electron chi connectivity index (χ2n) is 9.03. The lowest BCUT2D eigenvalue weighted by Crippen LogP contribution is -2.25. The largest absolute Gasteiger partial charge is 0.379 e. The first-order valence-electron chi connectivity index (χ1n) is 13.0. The molecule has 0 saturated heterocycles. The minimum absolute atomic E-state index is 0.112. The van der Waals surface area contributed by atoms with E-state index in [2.05, 4.69) is 11.4 Å². The molecule has 2 unspecified atom stereocenters. The van der Waals surface area contributed by atoms with Crippen LogP contribution in [0.25, 0.3) is 0 Å². The molecule has 0 spiro atoms. The third kappa shape index (κ3) is 19.4. The number of aliphatic hydroxyl groups is 1. The maximum absolute atomic E-state index is 11.7. The van der Waals surface area contributed by atoms with Crippen molar-refractivity contribution in [3.05, 3.63) is 0 Å². The van der Waals surface area contributed by atoms with E-state index in [0.29, 0.717) is 6.61 Å². The molecule has 0 rings (SSSR count). The maximum atomic E-state index is 11.7. The molecule has 0 fully saturated rings. The smallest absolute Gasteiger partial charge is 0.368 e. The number of unbranched alkanes of at least 4 members (excludes halogenated alkanes) is 15. The summed E-state index contributed by atoms with van der Waals surface area (Å²) in [6, 6.07) is 0. The molecule has 0 aliphatic carbocycles. The first kappa shape index (κ1) is 34.2. The average Bonchev–Trinajstić information content (AvgIpc) is 2.79. The molecular formula is C23H50O9P2. The molecule has 0 bridgehead atoms.